The summed E-state index contributed by atoms with van der Waals surface area (Å²) in [5.74, 6) is 2.20. The third kappa shape index (κ3) is 3.88. The van der Waals surface area contributed by atoms with Crippen LogP contribution in [-0.2, 0) is 4.79 Å². The zero-order valence-electron chi connectivity index (χ0n) is 18.8. The molecule has 32 heavy (non-hydrogen) atoms. The number of methoxy groups -OCH3 is 3. The van der Waals surface area contributed by atoms with E-state index in [1.807, 2.05) is 31.2 Å². The second-order valence-electron chi connectivity index (χ2n) is 8.12. The first-order chi connectivity index (χ1) is 15.5. The van der Waals surface area contributed by atoms with Crippen LogP contribution in [0.2, 0.25) is 5.02 Å². The van der Waals surface area contributed by atoms with Crippen molar-refractivity contribution in [1.29, 1.82) is 0 Å². The van der Waals surface area contributed by atoms with E-state index in [-0.39, 0.29) is 23.8 Å². The van der Waals surface area contributed by atoms with E-state index in [0.29, 0.717) is 28.7 Å². The highest BCUT2D eigenvalue weighted by Gasteiger charge is 2.40. The molecule has 2 aromatic carbocycles. The summed E-state index contributed by atoms with van der Waals surface area (Å²) in [5, 5.41) is 7.38. The van der Waals surface area contributed by atoms with E-state index in [1.54, 1.807) is 21.3 Å². The summed E-state index contributed by atoms with van der Waals surface area (Å²) in [4.78, 5) is 12.3. The van der Waals surface area contributed by atoms with Gasteiger partial charge in [-0.3, -0.25) is 4.79 Å². The SMILES string of the molecule is CCCC(=O)Nc1ccc(Cl)c2c1C1C=CCC1C(c1cc(OC)c(OC)c(OC)c1)N2. The number of hydrogen-bond donors (Lipinski definition) is 2. The van der Waals surface area contributed by atoms with Crippen molar-refractivity contribution in [3.8, 4) is 17.2 Å². The summed E-state index contributed by atoms with van der Waals surface area (Å²) in [6.45, 7) is 2.00. The van der Waals surface area contributed by atoms with E-state index >= 15 is 0 Å². The Balaban J connectivity index is 1.79. The van der Waals surface area contributed by atoms with Gasteiger partial charge in [0.1, 0.15) is 0 Å². The quantitative estimate of drug-likeness (QED) is 0.505. The minimum atomic E-state index is -0.0182. The summed E-state index contributed by atoms with van der Waals surface area (Å²) in [7, 11) is 4.83. The third-order valence-electron chi connectivity index (χ3n) is 6.27. The van der Waals surface area contributed by atoms with Crippen LogP contribution >= 0.6 is 11.6 Å². The molecule has 2 N–H and O–H groups in total. The number of hydrogen-bond acceptors (Lipinski definition) is 5. The van der Waals surface area contributed by atoms with Gasteiger partial charge in [0.05, 0.1) is 38.1 Å². The first kappa shape index (κ1) is 22.3. The topological polar surface area (TPSA) is 68.8 Å². The number of rotatable bonds is 7. The summed E-state index contributed by atoms with van der Waals surface area (Å²) in [5.41, 5.74) is 3.75. The molecule has 0 spiro atoms. The van der Waals surface area contributed by atoms with Gasteiger partial charge in [0, 0.05) is 23.6 Å². The van der Waals surface area contributed by atoms with Crippen molar-refractivity contribution in [3.05, 3.63) is 52.6 Å². The molecule has 3 unspecified atom stereocenters. The number of anilines is 2. The molecule has 1 aliphatic heterocycles. The highest BCUT2D eigenvalue weighted by molar-refractivity contribution is 6.33. The Morgan fingerprint density at radius 2 is 1.88 bits per heavy atom. The average molecular weight is 457 g/mol. The van der Waals surface area contributed by atoms with Crippen LogP contribution in [-0.4, -0.2) is 27.2 Å². The highest BCUT2D eigenvalue weighted by atomic mass is 35.5. The Morgan fingerprint density at radius 1 is 1.16 bits per heavy atom. The van der Waals surface area contributed by atoms with Crippen LogP contribution < -0.4 is 24.8 Å². The van der Waals surface area contributed by atoms with Crippen molar-refractivity contribution in [2.24, 2.45) is 5.92 Å². The van der Waals surface area contributed by atoms with E-state index in [0.717, 1.165) is 35.3 Å². The number of allylic oxidation sites excluding steroid dienone is 2. The van der Waals surface area contributed by atoms with Crippen molar-refractivity contribution in [3.63, 3.8) is 0 Å². The van der Waals surface area contributed by atoms with E-state index in [4.69, 9.17) is 25.8 Å². The minimum absolute atomic E-state index is 0.0160. The van der Waals surface area contributed by atoms with E-state index in [1.165, 1.54) is 0 Å². The highest BCUT2D eigenvalue weighted by Crippen LogP contribution is 2.55. The predicted molar refractivity (Wildman–Crippen MR) is 127 cm³/mol. The lowest BCUT2D eigenvalue weighted by atomic mass is 9.76. The number of halogens is 1. The van der Waals surface area contributed by atoms with Gasteiger partial charge in [-0.1, -0.05) is 30.7 Å². The summed E-state index contributed by atoms with van der Waals surface area (Å²) in [6.07, 6.45) is 6.63. The van der Waals surface area contributed by atoms with Crippen LogP contribution in [0.3, 0.4) is 0 Å². The lowest BCUT2D eigenvalue weighted by Crippen LogP contribution is -2.30. The van der Waals surface area contributed by atoms with Gasteiger partial charge in [-0.25, -0.2) is 0 Å². The first-order valence-electron chi connectivity index (χ1n) is 10.9. The molecule has 2 aromatic rings. The molecule has 1 amide bonds. The number of carbonyl (C=O) groups excluding carboxylic acids is 1. The number of amides is 1. The summed E-state index contributed by atoms with van der Waals surface area (Å²) in [6, 6.07) is 7.69. The fraction of sp³-hybridized carbons (Fsp3) is 0.400. The molecule has 4 rings (SSSR count). The van der Waals surface area contributed by atoms with Crippen molar-refractivity contribution in [2.75, 3.05) is 32.0 Å². The predicted octanol–water partition coefficient (Wildman–Crippen LogP) is 5.93. The largest absolute Gasteiger partial charge is 0.493 e. The van der Waals surface area contributed by atoms with E-state index < -0.39 is 0 Å². The molecule has 2 aliphatic rings. The van der Waals surface area contributed by atoms with Crippen LogP contribution in [0, 0.1) is 5.92 Å². The fourth-order valence-corrected chi connectivity index (χ4v) is 5.05. The van der Waals surface area contributed by atoms with Gasteiger partial charge in [-0.05, 0) is 48.6 Å². The Hall–Kier alpha value is -2.86. The maximum absolute atomic E-state index is 12.3. The molecule has 3 atom stereocenters. The Labute approximate surface area is 193 Å². The first-order valence-corrected chi connectivity index (χ1v) is 11.3. The van der Waals surface area contributed by atoms with Gasteiger partial charge in [0.15, 0.2) is 11.5 Å². The van der Waals surface area contributed by atoms with E-state index in [9.17, 15) is 4.79 Å². The lowest BCUT2D eigenvalue weighted by Gasteiger charge is -2.39. The lowest BCUT2D eigenvalue weighted by molar-refractivity contribution is -0.116. The van der Waals surface area contributed by atoms with Gasteiger partial charge in [-0.2, -0.15) is 0 Å². The van der Waals surface area contributed by atoms with Crippen molar-refractivity contribution >= 4 is 28.9 Å². The standard InChI is InChI=1S/C25H29ClN2O4/c1-5-7-21(29)27-18-11-10-17(26)24-22(18)15-8-6-9-16(15)23(28-24)14-12-19(30-2)25(32-4)20(13-14)31-3/h6,8,10-13,15-16,23,28H,5,7,9H2,1-4H3,(H,27,29). The third-order valence-corrected chi connectivity index (χ3v) is 6.58. The van der Waals surface area contributed by atoms with Gasteiger partial charge in [-0.15, -0.1) is 0 Å². The Morgan fingerprint density at radius 3 is 2.50 bits per heavy atom. The molecule has 170 valence electrons. The minimum Gasteiger partial charge on any atom is -0.493 e. The van der Waals surface area contributed by atoms with Crippen molar-refractivity contribution in [1.82, 2.24) is 0 Å². The van der Waals surface area contributed by atoms with Crippen molar-refractivity contribution < 1.29 is 19.0 Å². The van der Waals surface area contributed by atoms with Crippen LogP contribution in [0.15, 0.2) is 36.4 Å². The summed E-state index contributed by atoms with van der Waals surface area (Å²) >= 11 is 6.65. The number of nitrogens with one attached hydrogen (secondary N) is 2. The molecular formula is C25H29ClN2O4. The van der Waals surface area contributed by atoms with Gasteiger partial charge in [0.25, 0.3) is 0 Å². The average Bonchev–Trinajstić information content (AvgIpc) is 3.29. The van der Waals surface area contributed by atoms with Crippen LogP contribution in [0.25, 0.3) is 0 Å². The molecule has 1 heterocycles. The molecule has 0 saturated carbocycles. The monoisotopic (exact) mass is 456 g/mol. The second-order valence-corrected chi connectivity index (χ2v) is 8.52. The Kier molecular flexibility index (Phi) is 6.51. The van der Waals surface area contributed by atoms with Crippen molar-refractivity contribution in [2.45, 2.75) is 38.1 Å². The molecule has 0 bridgehead atoms. The van der Waals surface area contributed by atoms with Crippen LogP contribution in [0.5, 0.6) is 17.2 Å². The Bertz CT molecular complexity index is 1030. The second kappa shape index (κ2) is 9.33. The fourth-order valence-electron chi connectivity index (χ4n) is 4.83. The zero-order chi connectivity index (χ0) is 22.8. The maximum Gasteiger partial charge on any atom is 0.224 e. The molecule has 0 fully saturated rings. The molecule has 0 aromatic heterocycles. The molecule has 0 saturated heterocycles. The zero-order valence-corrected chi connectivity index (χ0v) is 19.6. The molecule has 1 aliphatic carbocycles. The van der Waals surface area contributed by atoms with Gasteiger partial charge in [0.2, 0.25) is 11.7 Å². The molecule has 7 heteroatoms. The number of carbonyl (C=O) groups is 1. The molecule has 6 nitrogen and oxygen atoms in total. The molecule has 0 radical (unpaired) electrons. The molecular weight excluding hydrogens is 428 g/mol. The van der Waals surface area contributed by atoms with Gasteiger partial charge < -0.3 is 24.8 Å². The van der Waals surface area contributed by atoms with Crippen LogP contribution in [0.4, 0.5) is 11.4 Å². The normalized spacial score (nSPS) is 20.7. The van der Waals surface area contributed by atoms with Crippen LogP contribution in [0.1, 0.15) is 49.3 Å². The number of ether oxygens (including phenoxy) is 3. The van der Waals surface area contributed by atoms with Gasteiger partial charge >= 0.3 is 0 Å². The number of fused-ring (bicyclic) bond motifs is 3. The maximum atomic E-state index is 12.3. The summed E-state index contributed by atoms with van der Waals surface area (Å²) < 4.78 is 16.6. The number of benzene rings is 2. The van der Waals surface area contributed by atoms with E-state index in [2.05, 4.69) is 22.8 Å². The smallest absolute Gasteiger partial charge is 0.224 e.